The van der Waals surface area contributed by atoms with Crippen LogP contribution in [-0.4, -0.2) is 41.2 Å². The number of thiazole rings is 1. The molecule has 0 spiro atoms. The van der Waals surface area contributed by atoms with E-state index >= 15 is 0 Å². The van der Waals surface area contributed by atoms with Crippen LogP contribution in [0.1, 0.15) is 33.9 Å². The molecule has 0 bridgehead atoms. The van der Waals surface area contributed by atoms with Crippen molar-refractivity contribution in [2.24, 2.45) is 5.92 Å². The largest absolute Gasteiger partial charge is 0.480 e. The molecule has 1 fully saturated rings. The predicted octanol–water partition coefficient (Wildman–Crippen LogP) is 2.34. The number of aromatic nitrogens is 1. The maximum absolute atomic E-state index is 12.4. The number of nitrogens with zero attached hydrogens (tertiary/aromatic N) is 1. The minimum absolute atomic E-state index is 0.211. The van der Waals surface area contributed by atoms with Crippen molar-refractivity contribution in [2.75, 3.05) is 13.2 Å². The van der Waals surface area contributed by atoms with Crippen LogP contribution in [0.5, 0.6) is 0 Å². The van der Waals surface area contributed by atoms with Gasteiger partial charge in [0.05, 0.1) is 11.6 Å². The van der Waals surface area contributed by atoms with Gasteiger partial charge in [-0.25, -0.2) is 9.78 Å². The van der Waals surface area contributed by atoms with Crippen molar-refractivity contribution in [1.82, 2.24) is 10.3 Å². The van der Waals surface area contributed by atoms with Crippen LogP contribution in [0.25, 0.3) is 0 Å². The highest BCUT2D eigenvalue weighted by atomic mass is 32.1. The summed E-state index contributed by atoms with van der Waals surface area (Å²) in [5.74, 6) is -1.70. The summed E-state index contributed by atoms with van der Waals surface area (Å²) in [6.45, 7) is 0.999. The first-order valence-corrected chi connectivity index (χ1v) is 9.11. The lowest BCUT2D eigenvalue weighted by Gasteiger charge is -2.27. The van der Waals surface area contributed by atoms with Gasteiger partial charge in [0.25, 0.3) is 5.91 Å². The Labute approximate surface area is 149 Å². The number of carbonyl (C=O) groups excluding carboxylic acids is 1. The average molecular weight is 360 g/mol. The van der Waals surface area contributed by atoms with Crippen LogP contribution < -0.4 is 5.32 Å². The Bertz CT molecular complexity index is 726. The van der Waals surface area contributed by atoms with Crippen LogP contribution in [-0.2, 0) is 16.0 Å². The molecule has 0 radical (unpaired) electrons. The molecule has 0 aliphatic carbocycles. The van der Waals surface area contributed by atoms with Gasteiger partial charge in [-0.15, -0.1) is 11.3 Å². The van der Waals surface area contributed by atoms with E-state index in [9.17, 15) is 14.7 Å². The maximum Gasteiger partial charge on any atom is 0.326 e. The van der Waals surface area contributed by atoms with Gasteiger partial charge in [0, 0.05) is 24.3 Å². The summed E-state index contributed by atoms with van der Waals surface area (Å²) >= 11 is 1.40. The molecule has 1 saturated heterocycles. The van der Waals surface area contributed by atoms with Gasteiger partial charge < -0.3 is 15.2 Å². The Kier molecular flexibility index (Phi) is 5.78. The normalized spacial score (nSPS) is 18.5. The molecular formula is C18H20N2O4S. The topological polar surface area (TPSA) is 88.5 Å². The van der Waals surface area contributed by atoms with Gasteiger partial charge in [-0.1, -0.05) is 30.3 Å². The molecule has 2 unspecified atom stereocenters. The first-order chi connectivity index (χ1) is 12.1. The summed E-state index contributed by atoms with van der Waals surface area (Å²) in [5, 5.41) is 14.5. The zero-order chi connectivity index (χ0) is 17.6. The maximum atomic E-state index is 12.4. The van der Waals surface area contributed by atoms with Crippen molar-refractivity contribution in [3.05, 3.63) is 52.0 Å². The second-order valence-electron chi connectivity index (χ2n) is 6.06. The van der Waals surface area contributed by atoms with Crippen molar-refractivity contribution in [1.29, 1.82) is 0 Å². The number of nitrogens with one attached hydrogen (secondary N) is 1. The van der Waals surface area contributed by atoms with E-state index in [1.807, 2.05) is 30.3 Å². The summed E-state index contributed by atoms with van der Waals surface area (Å²) in [7, 11) is 0. The lowest BCUT2D eigenvalue weighted by molar-refractivity contribution is -0.142. The van der Waals surface area contributed by atoms with Crippen molar-refractivity contribution < 1.29 is 19.4 Å². The lowest BCUT2D eigenvalue weighted by atomic mass is 9.93. The molecule has 1 aliphatic rings. The second kappa shape index (κ2) is 8.22. The molecule has 25 heavy (non-hydrogen) atoms. The fraction of sp³-hybridized carbons (Fsp3) is 0.389. The van der Waals surface area contributed by atoms with Crippen molar-refractivity contribution in [3.63, 3.8) is 0 Å². The van der Waals surface area contributed by atoms with E-state index in [0.29, 0.717) is 19.6 Å². The number of benzene rings is 1. The highest BCUT2D eigenvalue weighted by Gasteiger charge is 2.32. The Morgan fingerprint density at radius 2 is 2.16 bits per heavy atom. The minimum Gasteiger partial charge on any atom is -0.480 e. The van der Waals surface area contributed by atoms with Gasteiger partial charge in [0.15, 0.2) is 0 Å². The average Bonchev–Trinajstić information content (AvgIpc) is 3.09. The second-order valence-corrected chi connectivity index (χ2v) is 7.00. The lowest BCUT2D eigenvalue weighted by Crippen LogP contribution is -2.48. The quantitative estimate of drug-likeness (QED) is 0.825. The highest BCUT2D eigenvalue weighted by Crippen LogP contribution is 2.19. The van der Waals surface area contributed by atoms with Gasteiger partial charge >= 0.3 is 5.97 Å². The summed E-state index contributed by atoms with van der Waals surface area (Å²) in [5.41, 5.74) is 1.38. The van der Waals surface area contributed by atoms with Gasteiger partial charge in [-0.05, 0) is 18.4 Å². The molecule has 132 valence electrons. The molecule has 2 heterocycles. The van der Waals surface area contributed by atoms with E-state index in [-0.39, 0.29) is 11.6 Å². The molecule has 1 amide bonds. The molecule has 6 nitrogen and oxygen atoms in total. The highest BCUT2D eigenvalue weighted by molar-refractivity contribution is 7.09. The van der Waals surface area contributed by atoms with Gasteiger partial charge in [0.1, 0.15) is 11.7 Å². The predicted molar refractivity (Wildman–Crippen MR) is 93.8 cm³/mol. The molecule has 2 atom stereocenters. The number of amides is 1. The third-order valence-electron chi connectivity index (χ3n) is 4.20. The standard InChI is InChI=1S/C18H20N2O4S/c21-17(20-16(18(22)23)13-7-4-8-24-10-13)14-11-25-15(19-14)9-12-5-2-1-3-6-12/h1-3,5-6,11,13,16H,4,7-10H2,(H,20,21)(H,22,23). The Balaban J connectivity index is 1.64. The summed E-state index contributed by atoms with van der Waals surface area (Å²) < 4.78 is 5.34. The smallest absolute Gasteiger partial charge is 0.326 e. The minimum atomic E-state index is -1.04. The zero-order valence-corrected chi connectivity index (χ0v) is 14.5. The molecule has 2 N–H and O–H groups in total. The van der Waals surface area contributed by atoms with Gasteiger partial charge in [0.2, 0.25) is 0 Å². The number of ether oxygens (including phenoxy) is 1. The summed E-state index contributed by atoms with van der Waals surface area (Å²) in [6.07, 6.45) is 2.19. The van der Waals surface area contributed by atoms with Crippen LogP contribution >= 0.6 is 11.3 Å². The fourth-order valence-corrected chi connectivity index (χ4v) is 3.70. The molecule has 7 heteroatoms. The third kappa shape index (κ3) is 4.64. The Morgan fingerprint density at radius 3 is 2.84 bits per heavy atom. The first-order valence-electron chi connectivity index (χ1n) is 8.23. The first kappa shape index (κ1) is 17.6. The SMILES string of the molecule is O=C(NC(C(=O)O)C1CCCOC1)c1csc(Cc2ccccc2)n1. The number of carboxylic acids is 1. The molecule has 3 rings (SSSR count). The molecule has 1 aromatic carbocycles. The monoisotopic (exact) mass is 360 g/mol. The van der Waals surface area contributed by atoms with Crippen molar-refractivity contribution in [2.45, 2.75) is 25.3 Å². The van der Waals surface area contributed by atoms with E-state index in [2.05, 4.69) is 10.3 Å². The van der Waals surface area contributed by atoms with E-state index in [4.69, 9.17) is 4.74 Å². The molecule has 0 saturated carbocycles. The van der Waals surface area contributed by atoms with Crippen molar-refractivity contribution in [3.8, 4) is 0 Å². The molecule has 1 aromatic heterocycles. The number of rotatable bonds is 6. The van der Waals surface area contributed by atoms with E-state index in [1.165, 1.54) is 11.3 Å². The van der Waals surface area contributed by atoms with E-state index < -0.39 is 17.9 Å². The number of aliphatic carboxylic acids is 1. The third-order valence-corrected chi connectivity index (χ3v) is 5.05. The number of carboxylic acid groups (broad SMARTS) is 1. The number of carbonyl (C=O) groups is 2. The number of hydrogen-bond donors (Lipinski definition) is 2. The van der Waals surface area contributed by atoms with Gasteiger partial charge in [-0.2, -0.15) is 0 Å². The van der Waals surface area contributed by atoms with E-state index in [1.54, 1.807) is 5.38 Å². The van der Waals surface area contributed by atoms with Gasteiger partial charge in [-0.3, -0.25) is 4.79 Å². The molecule has 2 aromatic rings. The van der Waals surface area contributed by atoms with E-state index in [0.717, 1.165) is 23.4 Å². The van der Waals surface area contributed by atoms with Crippen molar-refractivity contribution >= 4 is 23.2 Å². The number of hydrogen-bond acceptors (Lipinski definition) is 5. The van der Waals surface area contributed by atoms with Crippen LogP contribution in [0.3, 0.4) is 0 Å². The summed E-state index contributed by atoms with van der Waals surface area (Å²) in [6, 6.07) is 8.92. The zero-order valence-electron chi connectivity index (χ0n) is 13.7. The van der Waals surface area contributed by atoms with Crippen LogP contribution in [0, 0.1) is 5.92 Å². The molecule has 1 aliphatic heterocycles. The Morgan fingerprint density at radius 1 is 1.36 bits per heavy atom. The van der Waals surface area contributed by atoms with Crippen LogP contribution in [0.2, 0.25) is 0 Å². The van der Waals surface area contributed by atoms with Crippen LogP contribution in [0.15, 0.2) is 35.7 Å². The Hall–Kier alpha value is -2.25. The van der Waals surface area contributed by atoms with Crippen LogP contribution in [0.4, 0.5) is 0 Å². The fourth-order valence-electron chi connectivity index (χ4n) is 2.89. The summed E-state index contributed by atoms with van der Waals surface area (Å²) in [4.78, 5) is 28.3. The molecular weight excluding hydrogens is 340 g/mol.